The number of nitrogens with zero attached hydrogens (tertiary/aromatic N) is 2. The van der Waals surface area contributed by atoms with Gasteiger partial charge in [0.15, 0.2) is 5.75 Å². The van der Waals surface area contributed by atoms with E-state index in [4.69, 9.17) is 10.5 Å². The molecule has 0 aliphatic heterocycles. The number of rotatable bonds is 7. The molecule has 4 aromatic rings. The van der Waals surface area contributed by atoms with Gasteiger partial charge in [-0.2, -0.15) is 0 Å². The largest absolute Gasteiger partial charge is 0.489 e. The Labute approximate surface area is 181 Å². The van der Waals surface area contributed by atoms with E-state index >= 15 is 0 Å². The third kappa shape index (κ3) is 4.38. The van der Waals surface area contributed by atoms with E-state index < -0.39 is 6.03 Å². The summed E-state index contributed by atoms with van der Waals surface area (Å²) in [6, 6.07) is 17.4. The van der Waals surface area contributed by atoms with Crippen molar-refractivity contribution < 1.29 is 9.53 Å². The van der Waals surface area contributed by atoms with Gasteiger partial charge in [0.25, 0.3) is 0 Å². The zero-order chi connectivity index (χ0) is 21.8. The van der Waals surface area contributed by atoms with Gasteiger partial charge in [-0.15, -0.1) is 0 Å². The molecule has 2 heterocycles. The topological polar surface area (TPSA) is 82.2 Å². The monoisotopic (exact) mass is 414 g/mol. The Balaban J connectivity index is 1.60. The Morgan fingerprint density at radius 1 is 1.06 bits per heavy atom. The van der Waals surface area contributed by atoms with E-state index in [2.05, 4.69) is 53.0 Å². The average Bonchev–Trinajstić information content (AvgIpc) is 3.01. The predicted octanol–water partition coefficient (Wildman–Crippen LogP) is 4.81. The molecule has 0 unspecified atom stereocenters. The Morgan fingerprint density at radius 3 is 2.58 bits per heavy atom. The van der Waals surface area contributed by atoms with Crippen molar-refractivity contribution in [2.24, 2.45) is 5.73 Å². The molecule has 0 aliphatic rings. The van der Waals surface area contributed by atoms with Gasteiger partial charge in [0.2, 0.25) is 0 Å². The first-order chi connectivity index (χ1) is 15.0. The summed E-state index contributed by atoms with van der Waals surface area (Å²) in [7, 11) is 0. The molecule has 4 rings (SSSR count). The lowest BCUT2D eigenvalue weighted by Crippen LogP contribution is -2.20. The van der Waals surface area contributed by atoms with E-state index in [0.717, 1.165) is 28.8 Å². The Kier molecular flexibility index (Phi) is 5.89. The minimum Gasteiger partial charge on any atom is -0.489 e. The molecular weight excluding hydrogens is 388 g/mol. The molecule has 6 nitrogen and oxygen atoms in total. The van der Waals surface area contributed by atoms with Crippen molar-refractivity contribution in [1.29, 1.82) is 0 Å². The van der Waals surface area contributed by atoms with Crippen LogP contribution in [-0.4, -0.2) is 22.2 Å². The predicted molar refractivity (Wildman–Crippen MR) is 124 cm³/mol. The van der Waals surface area contributed by atoms with Gasteiger partial charge in [-0.05, 0) is 36.6 Å². The Hall–Kier alpha value is -3.80. The average molecular weight is 415 g/mol. The van der Waals surface area contributed by atoms with Gasteiger partial charge >= 0.3 is 6.03 Å². The van der Waals surface area contributed by atoms with Crippen molar-refractivity contribution in [3.63, 3.8) is 0 Å². The number of hydrogen-bond donors (Lipinski definition) is 2. The van der Waals surface area contributed by atoms with E-state index in [0.29, 0.717) is 18.7 Å². The van der Waals surface area contributed by atoms with Crippen LogP contribution in [0.5, 0.6) is 5.75 Å². The van der Waals surface area contributed by atoms with Crippen LogP contribution in [0.15, 0.2) is 67.0 Å². The molecule has 3 N–H and O–H groups in total. The van der Waals surface area contributed by atoms with Crippen molar-refractivity contribution in [2.75, 3.05) is 11.9 Å². The van der Waals surface area contributed by atoms with Crippen molar-refractivity contribution in [3.05, 3.63) is 89.4 Å². The maximum Gasteiger partial charge on any atom is 0.316 e. The van der Waals surface area contributed by atoms with Gasteiger partial charge in [-0.25, -0.2) is 4.79 Å². The number of benzene rings is 2. The zero-order valence-electron chi connectivity index (χ0n) is 17.8. The molecule has 0 spiro atoms. The number of anilines is 1. The molecular formula is C25H26N4O2. The molecule has 6 heteroatoms. The summed E-state index contributed by atoms with van der Waals surface area (Å²) in [6.07, 6.45) is 4.30. The number of pyridine rings is 1. The lowest BCUT2D eigenvalue weighted by molar-refractivity contribution is 0.259. The molecule has 0 radical (unpaired) electrons. The summed E-state index contributed by atoms with van der Waals surface area (Å²) in [6.45, 7) is 5.47. The van der Waals surface area contributed by atoms with Crippen LogP contribution in [0.25, 0.3) is 10.9 Å². The molecule has 2 aromatic carbocycles. The molecule has 2 aromatic heterocycles. The molecule has 0 saturated heterocycles. The lowest BCUT2D eigenvalue weighted by Gasteiger charge is -2.14. The van der Waals surface area contributed by atoms with Gasteiger partial charge in [0.1, 0.15) is 0 Å². The molecule has 0 aliphatic carbocycles. The highest BCUT2D eigenvalue weighted by Gasteiger charge is 2.16. The highest BCUT2D eigenvalue weighted by atomic mass is 16.5. The fourth-order valence-corrected chi connectivity index (χ4v) is 3.89. The molecule has 0 bridgehead atoms. The van der Waals surface area contributed by atoms with Gasteiger partial charge in [-0.1, -0.05) is 48.5 Å². The molecule has 0 atom stereocenters. The number of primary amides is 1. The number of aromatic nitrogens is 2. The lowest BCUT2D eigenvalue weighted by atomic mass is 10.1. The third-order valence-corrected chi connectivity index (χ3v) is 5.59. The first-order valence-electron chi connectivity index (χ1n) is 10.3. The summed E-state index contributed by atoms with van der Waals surface area (Å²) < 4.78 is 8.49. The third-order valence-electron chi connectivity index (χ3n) is 5.59. The number of para-hydroxylation sites is 1. The first-order valence-corrected chi connectivity index (χ1v) is 10.3. The van der Waals surface area contributed by atoms with Crippen LogP contribution in [0.2, 0.25) is 0 Å². The number of nitrogens with two attached hydrogens (primary N) is 1. The standard InChI is InChI=1S/C25H26N4O2/c1-17-18(2)29(16-19-8-4-3-5-9-19)24-21(17)14-27-15-23(24)31-13-12-20-10-6-7-11-22(20)28-25(26)30/h3-11,14-15H,12-13,16H2,1-2H3,(H3,26,28,30). The molecule has 0 fully saturated rings. The number of hydrogen-bond acceptors (Lipinski definition) is 3. The van der Waals surface area contributed by atoms with Crippen molar-refractivity contribution >= 4 is 22.6 Å². The maximum absolute atomic E-state index is 11.3. The maximum atomic E-state index is 11.3. The number of urea groups is 1. The van der Waals surface area contributed by atoms with Gasteiger partial charge in [0.05, 0.1) is 18.3 Å². The Bertz CT molecular complexity index is 1220. The second-order valence-electron chi connectivity index (χ2n) is 7.56. The zero-order valence-corrected chi connectivity index (χ0v) is 17.8. The second kappa shape index (κ2) is 8.92. The van der Waals surface area contributed by atoms with Crippen LogP contribution >= 0.6 is 0 Å². The normalized spacial score (nSPS) is 10.9. The van der Waals surface area contributed by atoms with E-state index in [-0.39, 0.29) is 0 Å². The van der Waals surface area contributed by atoms with Gasteiger partial charge in [-0.3, -0.25) is 4.98 Å². The van der Waals surface area contributed by atoms with Crippen LogP contribution in [0.1, 0.15) is 22.4 Å². The minimum absolute atomic E-state index is 0.451. The van der Waals surface area contributed by atoms with Crippen LogP contribution in [0.4, 0.5) is 10.5 Å². The fraction of sp³-hybridized carbons (Fsp3) is 0.200. The summed E-state index contributed by atoms with van der Waals surface area (Å²) >= 11 is 0. The number of amides is 2. The molecule has 158 valence electrons. The van der Waals surface area contributed by atoms with Crippen molar-refractivity contribution in [2.45, 2.75) is 26.8 Å². The smallest absolute Gasteiger partial charge is 0.316 e. The van der Waals surface area contributed by atoms with Crippen LogP contribution in [0.3, 0.4) is 0 Å². The first kappa shape index (κ1) is 20.5. The number of nitrogens with one attached hydrogen (secondary N) is 1. The molecule has 0 saturated carbocycles. The van der Waals surface area contributed by atoms with E-state index in [9.17, 15) is 4.79 Å². The van der Waals surface area contributed by atoms with Crippen molar-refractivity contribution in [3.8, 4) is 5.75 Å². The molecule has 2 amide bonds. The van der Waals surface area contributed by atoms with Crippen LogP contribution in [-0.2, 0) is 13.0 Å². The number of aryl methyl sites for hydroxylation is 1. The SMILES string of the molecule is Cc1c(C)n(Cc2ccccc2)c2c(OCCc3ccccc3NC(N)=O)cncc12. The highest BCUT2D eigenvalue weighted by Crippen LogP contribution is 2.32. The highest BCUT2D eigenvalue weighted by molar-refractivity contribution is 5.89. The second-order valence-corrected chi connectivity index (χ2v) is 7.56. The minimum atomic E-state index is -0.577. The Morgan fingerprint density at radius 2 is 1.81 bits per heavy atom. The summed E-state index contributed by atoms with van der Waals surface area (Å²) in [4.78, 5) is 15.7. The number of fused-ring (bicyclic) bond motifs is 1. The van der Waals surface area contributed by atoms with Crippen LogP contribution in [0, 0.1) is 13.8 Å². The van der Waals surface area contributed by atoms with E-state index in [1.165, 1.54) is 16.8 Å². The number of carbonyl (C=O) groups is 1. The van der Waals surface area contributed by atoms with Crippen LogP contribution < -0.4 is 15.8 Å². The molecule has 31 heavy (non-hydrogen) atoms. The summed E-state index contributed by atoms with van der Waals surface area (Å²) in [5.41, 5.74) is 11.6. The van der Waals surface area contributed by atoms with E-state index in [1.54, 1.807) is 6.20 Å². The quantitative estimate of drug-likeness (QED) is 0.455. The number of ether oxygens (including phenoxy) is 1. The van der Waals surface area contributed by atoms with Gasteiger partial charge < -0.3 is 20.4 Å². The summed E-state index contributed by atoms with van der Waals surface area (Å²) in [5.74, 6) is 0.755. The van der Waals surface area contributed by atoms with Crippen molar-refractivity contribution in [1.82, 2.24) is 9.55 Å². The fourth-order valence-electron chi connectivity index (χ4n) is 3.89. The van der Waals surface area contributed by atoms with E-state index in [1.807, 2.05) is 36.5 Å². The summed E-state index contributed by atoms with van der Waals surface area (Å²) in [5, 5.41) is 3.76. The van der Waals surface area contributed by atoms with Gasteiger partial charge in [0, 0.05) is 35.9 Å². The number of carbonyl (C=O) groups excluding carboxylic acids is 1.